The first-order valence-corrected chi connectivity index (χ1v) is 4.64. The van der Waals surface area contributed by atoms with E-state index in [1.54, 1.807) is 0 Å². The Morgan fingerprint density at radius 1 is 1.38 bits per heavy atom. The third-order valence-corrected chi connectivity index (χ3v) is 2.15. The molecule has 0 saturated carbocycles. The summed E-state index contributed by atoms with van der Waals surface area (Å²) in [6, 6.07) is 5.74. The Bertz CT molecular complexity index is 294. The van der Waals surface area contributed by atoms with E-state index in [0.717, 1.165) is 17.0 Å². The van der Waals surface area contributed by atoms with Crippen molar-refractivity contribution in [2.45, 2.75) is 12.8 Å². The molecule has 0 fully saturated rings. The predicted octanol–water partition coefficient (Wildman–Crippen LogP) is 2.60. The lowest BCUT2D eigenvalue weighted by Gasteiger charge is -2.06. The quantitative estimate of drug-likeness (QED) is 0.735. The van der Waals surface area contributed by atoms with Crippen LogP contribution >= 0.6 is 11.6 Å². The Hall–Kier alpha value is -0.790. The minimum absolute atomic E-state index is 0.157. The number of halogens is 1. The molecule has 0 saturated heterocycles. The van der Waals surface area contributed by atoms with E-state index in [9.17, 15) is 0 Å². The van der Waals surface area contributed by atoms with Gasteiger partial charge in [0.05, 0.1) is 0 Å². The van der Waals surface area contributed by atoms with Gasteiger partial charge in [-0.1, -0.05) is 23.7 Å². The summed E-state index contributed by atoms with van der Waals surface area (Å²) in [5, 5.41) is 9.55. The Kier molecular flexibility index (Phi) is 4.00. The summed E-state index contributed by atoms with van der Waals surface area (Å²) in [7, 11) is 0. The van der Waals surface area contributed by atoms with Gasteiger partial charge in [0.1, 0.15) is 0 Å². The molecule has 1 nitrogen and oxygen atoms in total. The van der Waals surface area contributed by atoms with Crippen LogP contribution in [-0.4, -0.2) is 11.7 Å². The lowest BCUT2D eigenvalue weighted by atomic mass is 10.0. The highest BCUT2D eigenvalue weighted by Gasteiger charge is 2.01. The standard InChI is InChI=1S/C11H13ClO/c1-2-3-9-4-5-11(12)8-10(9)6-7-13/h2,4-5,8,13H,1,3,6-7H2. The number of aliphatic hydroxyl groups excluding tert-OH is 1. The highest BCUT2D eigenvalue weighted by Crippen LogP contribution is 2.17. The molecule has 1 aromatic carbocycles. The van der Waals surface area contributed by atoms with Crippen LogP contribution in [0.25, 0.3) is 0 Å². The highest BCUT2D eigenvalue weighted by atomic mass is 35.5. The van der Waals surface area contributed by atoms with Crippen molar-refractivity contribution in [3.05, 3.63) is 47.0 Å². The van der Waals surface area contributed by atoms with E-state index in [1.165, 1.54) is 5.56 Å². The summed E-state index contributed by atoms with van der Waals surface area (Å²) in [4.78, 5) is 0. The van der Waals surface area contributed by atoms with Crippen LogP contribution in [0.5, 0.6) is 0 Å². The molecule has 0 spiro atoms. The lowest BCUT2D eigenvalue weighted by Crippen LogP contribution is -1.96. The average molecular weight is 197 g/mol. The van der Waals surface area contributed by atoms with Crippen LogP contribution in [-0.2, 0) is 12.8 Å². The zero-order chi connectivity index (χ0) is 9.68. The van der Waals surface area contributed by atoms with Crippen LogP contribution in [0.2, 0.25) is 5.02 Å². The summed E-state index contributed by atoms with van der Waals surface area (Å²) >= 11 is 5.85. The number of benzene rings is 1. The van der Waals surface area contributed by atoms with E-state index in [-0.39, 0.29) is 6.61 Å². The van der Waals surface area contributed by atoms with Gasteiger partial charge in [0.25, 0.3) is 0 Å². The van der Waals surface area contributed by atoms with Gasteiger partial charge in [-0.15, -0.1) is 6.58 Å². The molecule has 0 heterocycles. The zero-order valence-corrected chi connectivity index (χ0v) is 8.22. The Labute approximate surface area is 83.7 Å². The van der Waals surface area contributed by atoms with Gasteiger partial charge in [-0.3, -0.25) is 0 Å². The summed E-state index contributed by atoms with van der Waals surface area (Å²) in [5.74, 6) is 0. The fraction of sp³-hybridized carbons (Fsp3) is 0.273. The van der Waals surface area contributed by atoms with E-state index in [2.05, 4.69) is 6.58 Å². The monoisotopic (exact) mass is 196 g/mol. The molecule has 0 aromatic heterocycles. The van der Waals surface area contributed by atoms with E-state index in [4.69, 9.17) is 16.7 Å². The molecule has 1 N–H and O–H groups in total. The Balaban J connectivity index is 2.95. The van der Waals surface area contributed by atoms with Crippen molar-refractivity contribution in [1.29, 1.82) is 0 Å². The topological polar surface area (TPSA) is 20.2 Å². The molecule has 0 radical (unpaired) electrons. The third-order valence-electron chi connectivity index (χ3n) is 1.91. The van der Waals surface area contributed by atoms with Crippen molar-refractivity contribution >= 4 is 11.6 Å². The van der Waals surface area contributed by atoms with Gasteiger partial charge < -0.3 is 5.11 Å². The molecule has 0 aliphatic carbocycles. The molecular weight excluding hydrogens is 184 g/mol. The fourth-order valence-corrected chi connectivity index (χ4v) is 1.50. The van der Waals surface area contributed by atoms with Crippen molar-refractivity contribution in [3.8, 4) is 0 Å². The smallest absolute Gasteiger partial charge is 0.0471 e. The average Bonchev–Trinajstić information content (AvgIpc) is 2.10. The van der Waals surface area contributed by atoms with Crippen LogP contribution in [0.3, 0.4) is 0 Å². The van der Waals surface area contributed by atoms with Gasteiger partial charge in [0.15, 0.2) is 0 Å². The van der Waals surface area contributed by atoms with Gasteiger partial charge >= 0.3 is 0 Å². The number of hydrogen-bond donors (Lipinski definition) is 1. The first-order chi connectivity index (χ1) is 6.27. The molecule has 2 heteroatoms. The van der Waals surface area contributed by atoms with Crippen molar-refractivity contribution < 1.29 is 5.11 Å². The first-order valence-electron chi connectivity index (χ1n) is 4.27. The zero-order valence-electron chi connectivity index (χ0n) is 7.46. The SMILES string of the molecule is C=CCc1ccc(Cl)cc1CCO. The van der Waals surface area contributed by atoms with Gasteiger partial charge in [-0.05, 0) is 36.1 Å². The maximum absolute atomic E-state index is 8.83. The van der Waals surface area contributed by atoms with Crippen molar-refractivity contribution in [2.75, 3.05) is 6.61 Å². The summed E-state index contributed by atoms with van der Waals surface area (Å²) in [5.41, 5.74) is 2.29. The summed E-state index contributed by atoms with van der Waals surface area (Å²) in [6.07, 6.45) is 3.33. The van der Waals surface area contributed by atoms with Gasteiger partial charge in [-0.2, -0.15) is 0 Å². The number of hydrogen-bond acceptors (Lipinski definition) is 1. The second-order valence-electron chi connectivity index (χ2n) is 2.88. The maximum atomic E-state index is 8.83. The van der Waals surface area contributed by atoms with E-state index in [1.807, 2.05) is 24.3 Å². The molecule has 0 amide bonds. The summed E-state index contributed by atoms with van der Waals surface area (Å²) < 4.78 is 0. The van der Waals surface area contributed by atoms with E-state index < -0.39 is 0 Å². The first kappa shape index (κ1) is 10.3. The molecule has 1 aromatic rings. The van der Waals surface area contributed by atoms with Gasteiger partial charge in [0.2, 0.25) is 0 Å². The number of allylic oxidation sites excluding steroid dienone is 1. The maximum Gasteiger partial charge on any atom is 0.0471 e. The second-order valence-corrected chi connectivity index (χ2v) is 3.32. The number of aliphatic hydroxyl groups is 1. The Morgan fingerprint density at radius 2 is 2.15 bits per heavy atom. The minimum Gasteiger partial charge on any atom is -0.396 e. The Morgan fingerprint density at radius 3 is 2.77 bits per heavy atom. The van der Waals surface area contributed by atoms with Gasteiger partial charge in [0, 0.05) is 11.6 Å². The molecule has 1 rings (SSSR count). The highest BCUT2D eigenvalue weighted by molar-refractivity contribution is 6.30. The van der Waals surface area contributed by atoms with Crippen LogP contribution in [0.1, 0.15) is 11.1 Å². The van der Waals surface area contributed by atoms with Crippen LogP contribution in [0.15, 0.2) is 30.9 Å². The molecular formula is C11H13ClO. The second kappa shape index (κ2) is 5.05. The van der Waals surface area contributed by atoms with E-state index >= 15 is 0 Å². The van der Waals surface area contributed by atoms with Crippen LogP contribution in [0.4, 0.5) is 0 Å². The predicted molar refractivity (Wildman–Crippen MR) is 56.1 cm³/mol. The molecule has 0 bridgehead atoms. The largest absolute Gasteiger partial charge is 0.396 e. The van der Waals surface area contributed by atoms with Crippen LogP contribution < -0.4 is 0 Å². The number of rotatable bonds is 4. The fourth-order valence-electron chi connectivity index (χ4n) is 1.30. The van der Waals surface area contributed by atoms with Crippen molar-refractivity contribution in [3.63, 3.8) is 0 Å². The van der Waals surface area contributed by atoms with Crippen LogP contribution in [0, 0.1) is 0 Å². The molecule has 0 aliphatic heterocycles. The van der Waals surface area contributed by atoms with E-state index in [0.29, 0.717) is 6.42 Å². The molecule has 0 unspecified atom stereocenters. The summed E-state index contributed by atoms with van der Waals surface area (Å²) in [6.45, 7) is 3.84. The third kappa shape index (κ3) is 2.87. The molecule has 0 atom stereocenters. The van der Waals surface area contributed by atoms with Gasteiger partial charge in [-0.25, -0.2) is 0 Å². The molecule has 0 aliphatic rings. The normalized spacial score (nSPS) is 10.0. The molecule has 13 heavy (non-hydrogen) atoms. The molecule has 70 valence electrons. The van der Waals surface area contributed by atoms with Crippen molar-refractivity contribution in [1.82, 2.24) is 0 Å². The minimum atomic E-state index is 0.157. The lowest BCUT2D eigenvalue weighted by molar-refractivity contribution is 0.299. The van der Waals surface area contributed by atoms with Crippen molar-refractivity contribution in [2.24, 2.45) is 0 Å².